The SMILES string of the molecule is Cc1ccc2c(c1)c(Sc1ccc(Cl)cc1CN)c(C)n2CC(=O)O. The van der Waals surface area contributed by atoms with E-state index in [-0.39, 0.29) is 6.54 Å². The zero-order valence-electron chi connectivity index (χ0n) is 14.0. The van der Waals surface area contributed by atoms with Gasteiger partial charge >= 0.3 is 5.97 Å². The van der Waals surface area contributed by atoms with Crippen LogP contribution in [0.2, 0.25) is 5.02 Å². The molecule has 0 aliphatic heterocycles. The van der Waals surface area contributed by atoms with Crippen molar-refractivity contribution in [1.82, 2.24) is 4.57 Å². The van der Waals surface area contributed by atoms with Gasteiger partial charge < -0.3 is 15.4 Å². The third-order valence-corrected chi connectivity index (χ3v) is 5.74. The number of fused-ring (bicyclic) bond motifs is 1. The van der Waals surface area contributed by atoms with Gasteiger partial charge in [-0.2, -0.15) is 0 Å². The minimum absolute atomic E-state index is 0.0592. The normalized spacial score (nSPS) is 11.2. The Morgan fingerprint density at radius 3 is 2.68 bits per heavy atom. The average molecular weight is 375 g/mol. The summed E-state index contributed by atoms with van der Waals surface area (Å²) in [7, 11) is 0. The number of benzene rings is 2. The molecule has 0 bridgehead atoms. The molecule has 0 amide bonds. The number of hydrogen-bond acceptors (Lipinski definition) is 3. The van der Waals surface area contributed by atoms with Gasteiger partial charge in [-0.25, -0.2) is 0 Å². The molecular weight excluding hydrogens is 356 g/mol. The molecule has 3 N–H and O–H groups in total. The molecule has 0 radical (unpaired) electrons. The van der Waals surface area contributed by atoms with Gasteiger partial charge in [0.1, 0.15) is 6.54 Å². The molecule has 2 aromatic carbocycles. The number of aromatic nitrogens is 1. The largest absolute Gasteiger partial charge is 0.480 e. The van der Waals surface area contributed by atoms with Crippen LogP contribution in [0.4, 0.5) is 0 Å². The van der Waals surface area contributed by atoms with Crippen molar-refractivity contribution in [2.45, 2.75) is 36.7 Å². The van der Waals surface area contributed by atoms with Crippen molar-refractivity contribution in [1.29, 1.82) is 0 Å². The fourth-order valence-corrected chi connectivity index (χ4v) is 4.31. The molecule has 0 fully saturated rings. The summed E-state index contributed by atoms with van der Waals surface area (Å²) in [5.74, 6) is -0.855. The number of halogens is 1. The van der Waals surface area contributed by atoms with Crippen molar-refractivity contribution in [3.63, 3.8) is 0 Å². The Labute approximate surface area is 155 Å². The van der Waals surface area contributed by atoms with Crippen molar-refractivity contribution in [2.75, 3.05) is 0 Å². The first-order valence-electron chi connectivity index (χ1n) is 7.88. The smallest absolute Gasteiger partial charge is 0.323 e. The summed E-state index contributed by atoms with van der Waals surface area (Å²) in [5.41, 5.74) is 9.84. The fourth-order valence-electron chi connectivity index (χ4n) is 2.95. The van der Waals surface area contributed by atoms with Crippen LogP contribution in [0.1, 0.15) is 16.8 Å². The van der Waals surface area contributed by atoms with Crippen molar-refractivity contribution in [3.05, 3.63) is 58.2 Å². The Morgan fingerprint density at radius 1 is 1.24 bits per heavy atom. The lowest BCUT2D eigenvalue weighted by Crippen LogP contribution is -2.09. The van der Waals surface area contributed by atoms with Crippen molar-refractivity contribution in [3.8, 4) is 0 Å². The first-order valence-corrected chi connectivity index (χ1v) is 9.07. The molecule has 0 spiro atoms. The van der Waals surface area contributed by atoms with E-state index in [1.165, 1.54) is 0 Å². The Bertz CT molecular complexity index is 966. The highest BCUT2D eigenvalue weighted by Gasteiger charge is 2.18. The molecule has 25 heavy (non-hydrogen) atoms. The number of carbonyl (C=O) groups is 1. The fraction of sp³-hybridized carbons (Fsp3) is 0.211. The lowest BCUT2D eigenvalue weighted by Gasteiger charge is -2.09. The van der Waals surface area contributed by atoms with Crippen LogP contribution in [-0.2, 0) is 17.9 Å². The maximum Gasteiger partial charge on any atom is 0.323 e. The summed E-state index contributed by atoms with van der Waals surface area (Å²) in [6.45, 7) is 4.33. The van der Waals surface area contributed by atoms with Gasteiger partial charge in [-0.1, -0.05) is 35.0 Å². The highest BCUT2D eigenvalue weighted by molar-refractivity contribution is 7.99. The topological polar surface area (TPSA) is 68.2 Å². The van der Waals surface area contributed by atoms with Gasteiger partial charge in [-0.05, 0) is 49.7 Å². The summed E-state index contributed by atoms with van der Waals surface area (Å²) < 4.78 is 1.84. The standard InChI is InChI=1S/C19H19ClN2O2S/c1-11-3-5-16-15(7-11)19(12(2)22(16)10-18(23)24)25-17-6-4-14(20)8-13(17)9-21/h3-8H,9-10,21H2,1-2H3,(H,23,24). The van der Waals surface area contributed by atoms with Gasteiger partial charge in [0.25, 0.3) is 0 Å². The molecule has 3 rings (SSSR count). The lowest BCUT2D eigenvalue weighted by atomic mass is 10.2. The second-order valence-electron chi connectivity index (χ2n) is 5.97. The Kier molecular flexibility index (Phi) is 5.08. The molecule has 3 aromatic rings. The van der Waals surface area contributed by atoms with Gasteiger partial charge in [0.2, 0.25) is 0 Å². The number of aryl methyl sites for hydroxylation is 1. The number of carboxylic acids is 1. The Hall–Kier alpha value is -1.95. The minimum atomic E-state index is -0.855. The van der Waals surface area contributed by atoms with E-state index in [9.17, 15) is 9.90 Å². The highest BCUT2D eigenvalue weighted by atomic mass is 35.5. The van der Waals surface area contributed by atoms with Crippen LogP contribution in [0.15, 0.2) is 46.2 Å². The molecule has 0 saturated heterocycles. The van der Waals surface area contributed by atoms with Gasteiger partial charge in [0.05, 0.1) is 0 Å². The molecule has 0 saturated carbocycles. The predicted molar refractivity (Wildman–Crippen MR) is 103 cm³/mol. The molecule has 1 aromatic heterocycles. The molecule has 4 nitrogen and oxygen atoms in total. The zero-order valence-corrected chi connectivity index (χ0v) is 15.6. The second-order valence-corrected chi connectivity index (χ2v) is 7.46. The van der Waals surface area contributed by atoms with E-state index < -0.39 is 5.97 Å². The van der Waals surface area contributed by atoms with Crippen LogP contribution in [-0.4, -0.2) is 15.6 Å². The molecule has 0 aliphatic carbocycles. The summed E-state index contributed by atoms with van der Waals surface area (Å²) >= 11 is 7.68. The molecule has 0 atom stereocenters. The zero-order chi connectivity index (χ0) is 18.1. The van der Waals surface area contributed by atoms with Crippen molar-refractivity contribution >= 4 is 40.2 Å². The van der Waals surface area contributed by atoms with Crippen LogP contribution in [0.25, 0.3) is 10.9 Å². The van der Waals surface area contributed by atoms with Gasteiger partial charge in [0.15, 0.2) is 0 Å². The maximum absolute atomic E-state index is 11.3. The van der Waals surface area contributed by atoms with Gasteiger partial charge in [-0.3, -0.25) is 4.79 Å². The maximum atomic E-state index is 11.3. The number of rotatable bonds is 5. The summed E-state index contributed by atoms with van der Waals surface area (Å²) in [6, 6.07) is 11.8. The predicted octanol–water partition coefficient (Wildman–Crippen LogP) is 4.61. The van der Waals surface area contributed by atoms with Crippen LogP contribution >= 0.6 is 23.4 Å². The Morgan fingerprint density at radius 2 is 2.00 bits per heavy atom. The van der Waals surface area contributed by atoms with E-state index in [1.54, 1.807) is 11.8 Å². The minimum Gasteiger partial charge on any atom is -0.480 e. The third-order valence-electron chi connectivity index (χ3n) is 4.17. The van der Waals surface area contributed by atoms with Crippen LogP contribution in [0, 0.1) is 13.8 Å². The van der Waals surface area contributed by atoms with Crippen molar-refractivity contribution in [2.24, 2.45) is 5.73 Å². The molecule has 0 aliphatic rings. The monoisotopic (exact) mass is 374 g/mol. The second kappa shape index (κ2) is 7.12. The number of nitrogens with zero attached hydrogens (tertiary/aromatic N) is 1. The van der Waals surface area contributed by atoms with Crippen LogP contribution in [0.5, 0.6) is 0 Å². The summed E-state index contributed by atoms with van der Waals surface area (Å²) in [4.78, 5) is 13.4. The van der Waals surface area contributed by atoms with Crippen LogP contribution < -0.4 is 5.73 Å². The summed E-state index contributed by atoms with van der Waals surface area (Å²) in [5, 5.41) is 11.0. The van der Waals surface area contributed by atoms with E-state index in [0.717, 1.165) is 37.5 Å². The highest BCUT2D eigenvalue weighted by Crippen LogP contribution is 2.40. The van der Waals surface area contributed by atoms with Crippen molar-refractivity contribution < 1.29 is 9.90 Å². The summed E-state index contributed by atoms with van der Waals surface area (Å²) in [6.07, 6.45) is 0. The Balaban J connectivity index is 2.17. The van der Waals surface area contributed by atoms with E-state index in [1.807, 2.05) is 48.7 Å². The average Bonchev–Trinajstić information content (AvgIpc) is 2.81. The van der Waals surface area contributed by atoms with Gasteiger partial charge in [0, 0.05) is 38.0 Å². The third kappa shape index (κ3) is 3.54. The van der Waals surface area contributed by atoms with Gasteiger partial charge in [-0.15, -0.1) is 0 Å². The molecule has 130 valence electrons. The number of aliphatic carboxylic acids is 1. The van der Waals surface area contributed by atoms with E-state index in [4.69, 9.17) is 17.3 Å². The molecule has 0 unspecified atom stereocenters. The lowest BCUT2D eigenvalue weighted by molar-refractivity contribution is -0.137. The number of nitrogens with two attached hydrogens (primary N) is 1. The molecule has 6 heteroatoms. The van der Waals surface area contributed by atoms with Crippen LogP contribution in [0.3, 0.4) is 0 Å². The van der Waals surface area contributed by atoms with E-state index in [0.29, 0.717) is 11.6 Å². The first kappa shape index (κ1) is 17.9. The first-order chi connectivity index (χ1) is 11.9. The number of carboxylic acid groups (broad SMARTS) is 1. The van der Waals surface area contributed by atoms with E-state index >= 15 is 0 Å². The quantitative estimate of drug-likeness (QED) is 0.684. The number of hydrogen-bond donors (Lipinski definition) is 2. The molecule has 1 heterocycles. The van der Waals surface area contributed by atoms with E-state index in [2.05, 4.69) is 6.07 Å². The molecular formula is C19H19ClN2O2S.